The second kappa shape index (κ2) is 7.97. The Labute approximate surface area is 156 Å². The molecule has 3 aromatic rings. The molecule has 6 heteroatoms. The van der Waals surface area contributed by atoms with Gasteiger partial charge in [0.2, 0.25) is 0 Å². The van der Waals surface area contributed by atoms with Crippen molar-refractivity contribution in [2.24, 2.45) is 0 Å². The molecule has 0 atom stereocenters. The molecule has 4 nitrogen and oxygen atoms in total. The number of nitrogens with one attached hydrogen (secondary N) is 2. The van der Waals surface area contributed by atoms with Crippen LogP contribution < -0.4 is 10.6 Å². The molecule has 0 fully saturated rings. The topological polar surface area (TPSA) is 54.0 Å². The minimum atomic E-state index is -0.303. The van der Waals surface area contributed by atoms with Crippen LogP contribution in [0.5, 0.6) is 0 Å². The summed E-state index contributed by atoms with van der Waals surface area (Å²) >= 11 is 5.95. The lowest BCUT2D eigenvalue weighted by atomic mass is 10.2. The van der Waals surface area contributed by atoms with Gasteiger partial charge in [-0.05, 0) is 60.5 Å². The van der Waals surface area contributed by atoms with Gasteiger partial charge in [0.15, 0.2) is 0 Å². The summed E-state index contributed by atoms with van der Waals surface area (Å²) in [6.07, 6.45) is 1.51. The van der Waals surface area contributed by atoms with E-state index in [1.54, 1.807) is 30.3 Å². The van der Waals surface area contributed by atoms with Crippen molar-refractivity contribution in [3.63, 3.8) is 0 Å². The largest absolute Gasteiger partial charge is 0.348 e. The molecule has 132 valence electrons. The number of halogens is 2. The summed E-state index contributed by atoms with van der Waals surface area (Å²) in [6.45, 7) is 2.27. The van der Waals surface area contributed by atoms with Crippen LogP contribution in [0.3, 0.4) is 0 Å². The summed E-state index contributed by atoms with van der Waals surface area (Å²) in [5, 5.41) is 6.65. The zero-order valence-corrected chi connectivity index (χ0v) is 14.8. The number of pyridine rings is 1. The van der Waals surface area contributed by atoms with Crippen molar-refractivity contribution < 1.29 is 9.18 Å². The second-order valence-corrected chi connectivity index (χ2v) is 6.26. The third kappa shape index (κ3) is 4.58. The average Bonchev–Trinajstić information content (AvgIpc) is 2.64. The maximum Gasteiger partial charge on any atom is 0.253 e. The van der Waals surface area contributed by atoms with Gasteiger partial charge in [-0.15, -0.1) is 0 Å². The molecule has 0 saturated carbocycles. The molecule has 0 saturated heterocycles. The van der Waals surface area contributed by atoms with Crippen LogP contribution in [0, 0.1) is 12.7 Å². The number of aromatic nitrogens is 1. The maximum atomic E-state index is 12.9. The van der Waals surface area contributed by atoms with Crippen LogP contribution in [0.25, 0.3) is 0 Å². The molecule has 0 aliphatic heterocycles. The predicted molar refractivity (Wildman–Crippen MR) is 101 cm³/mol. The van der Waals surface area contributed by atoms with E-state index in [2.05, 4.69) is 15.6 Å². The first-order valence-corrected chi connectivity index (χ1v) is 8.41. The normalized spacial score (nSPS) is 10.4. The molecular weight excluding hydrogens is 353 g/mol. The van der Waals surface area contributed by atoms with Crippen molar-refractivity contribution in [1.82, 2.24) is 10.3 Å². The van der Waals surface area contributed by atoms with Gasteiger partial charge in [-0.1, -0.05) is 23.7 Å². The Hall–Kier alpha value is -2.92. The Morgan fingerprint density at radius 2 is 1.88 bits per heavy atom. The van der Waals surface area contributed by atoms with Crippen molar-refractivity contribution >= 4 is 29.0 Å². The number of rotatable bonds is 5. The molecule has 2 aromatic carbocycles. The number of anilines is 2. The van der Waals surface area contributed by atoms with Crippen molar-refractivity contribution in [1.29, 1.82) is 0 Å². The lowest BCUT2D eigenvalue weighted by Gasteiger charge is -2.10. The summed E-state index contributed by atoms with van der Waals surface area (Å²) in [4.78, 5) is 16.5. The first-order valence-electron chi connectivity index (χ1n) is 8.03. The molecule has 26 heavy (non-hydrogen) atoms. The van der Waals surface area contributed by atoms with Gasteiger partial charge < -0.3 is 10.6 Å². The van der Waals surface area contributed by atoms with E-state index >= 15 is 0 Å². The third-order valence-electron chi connectivity index (χ3n) is 3.84. The van der Waals surface area contributed by atoms with Crippen molar-refractivity contribution in [3.8, 4) is 0 Å². The van der Waals surface area contributed by atoms with Crippen molar-refractivity contribution in [2.45, 2.75) is 13.5 Å². The summed E-state index contributed by atoms with van der Waals surface area (Å²) in [5.74, 6) is 0.0878. The van der Waals surface area contributed by atoms with E-state index in [1.807, 2.05) is 19.1 Å². The zero-order valence-electron chi connectivity index (χ0n) is 14.1. The first kappa shape index (κ1) is 17.9. The summed E-state index contributed by atoms with van der Waals surface area (Å²) < 4.78 is 12.9. The van der Waals surface area contributed by atoms with Crippen LogP contribution in [-0.2, 0) is 6.54 Å². The maximum absolute atomic E-state index is 12.9. The molecule has 3 rings (SSSR count). The molecule has 0 unspecified atom stereocenters. The minimum Gasteiger partial charge on any atom is -0.348 e. The Balaban J connectivity index is 1.61. The first-order chi connectivity index (χ1) is 12.5. The summed E-state index contributed by atoms with van der Waals surface area (Å²) in [5.41, 5.74) is 3.17. The van der Waals surface area contributed by atoms with E-state index in [-0.39, 0.29) is 11.7 Å². The quantitative estimate of drug-likeness (QED) is 0.675. The van der Waals surface area contributed by atoms with Gasteiger partial charge in [0.1, 0.15) is 11.6 Å². The highest BCUT2D eigenvalue weighted by molar-refractivity contribution is 6.30. The fourth-order valence-electron chi connectivity index (χ4n) is 2.39. The van der Waals surface area contributed by atoms with E-state index in [0.717, 1.165) is 16.8 Å². The van der Waals surface area contributed by atoms with E-state index in [0.29, 0.717) is 22.9 Å². The van der Waals surface area contributed by atoms with Crippen LogP contribution in [0.4, 0.5) is 15.9 Å². The van der Waals surface area contributed by atoms with Crippen LogP contribution >= 0.6 is 11.6 Å². The number of carbonyl (C=O) groups excluding carboxylic acids is 1. The SMILES string of the molecule is Cc1cc(Cl)ccc1Nc1ccc(C(=O)NCc2ccc(F)cc2)cn1. The number of nitrogens with zero attached hydrogens (tertiary/aromatic N) is 1. The Bertz CT molecular complexity index is 911. The van der Waals surface area contributed by atoms with Crippen LogP contribution in [0.15, 0.2) is 60.8 Å². The molecule has 1 aromatic heterocycles. The molecule has 1 amide bonds. The zero-order chi connectivity index (χ0) is 18.5. The third-order valence-corrected chi connectivity index (χ3v) is 4.08. The highest BCUT2D eigenvalue weighted by atomic mass is 35.5. The average molecular weight is 370 g/mol. The van der Waals surface area contributed by atoms with Crippen LogP contribution in [-0.4, -0.2) is 10.9 Å². The number of carbonyl (C=O) groups is 1. The molecule has 0 spiro atoms. The van der Waals surface area contributed by atoms with Gasteiger partial charge in [-0.25, -0.2) is 9.37 Å². The van der Waals surface area contributed by atoms with Gasteiger partial charge in [0.25, 0.3) is 5.91 Å². The highest BCUT2D eigenvalue weighted by Crippen LogP contribution is 2.22. The summed E-state index contributed by atoms with van der Waals surface area (Å²) in [6, 6.07) is 15.0. The fourth-order valence-corrected chi connectivity index (χ4v) is 2.62. The number of amides is 1. The molecule has 0 radical (unpaired) electrons. The molecule has 2 N–H and O–H groups in total. The molecule has 0 bridgehead atoms. The lowest BCUT2D eigenvalue weighted by molar-refractivity contribution is 0.0950. The van der Waals surface area contributed by atoms with E-state index in [1.165, 1.54) is 18.3 Å². The smallest absolute Gasteiger partial charge is 0.253 e. The fraction of sp³-hybridized carbons (Fsp3) is 0.100. The van der Waals surface area contributed by atoms with Crippen LogP contribution in [0.2, 0.25) is 5.02 Å². The monoisotopic (exact) mass is 369 g/mol. The molecular formula is C20H17ClFN3O. The number of benzene rings is 2. The van der Waals surface area contributed by atoms with Gasteiger partial charge in [0, 0.05) is 23.5 Å². The van der Waals surface area contributed by atoms with Gasteiger partial charge >= 0.3 is 0 Å². The number of aryl methyl sites for hydroxylation is 1. The van der Waals surface area contributed by atoms with E-state index in [9.17, 15) is 9.18 Å². The number of hydrogen-bond acceptors (Lipinski definition) is 3. The number of hydrogen-bond donors (Lipinski definition) is 2. The second-order valence-electron chi connectivity index (χ2n) is 5.83. The van der Waals surface area contributed by atoms with E-state index < -0.39 is 0 Å². The van der Waals surface area contributed by atoms with Crippen molar-refractivity contribution in [2.75, 3.05) is 5.32 Å². The summed E-state index contributed by atoms with van der Waals surface area (Å²) in [7, 11) is 0. The highest BCUT2D eigenvalue weighted by Gasteiger charge is 2.07. The standard InChI is InChI=1S/C20H17ClFN3O/c1-13-10-16(21)5-8-18(13)25-19-9-4-15(12-23-19)20(26)24-11-14-2-6-17(22)7-3-14/h2-10,12H,11H2,1H3,(H,23,25)(H,24,26). The Kier molecular flexibility index (Phi) is 5.49. The lowest BCUT2D eigenvalue weighted by Crippen LogP contribution is -2.22. The van der Waals surface area contributed by atoms with Gasteiger partial charge in [-0.2, -0.15) is 0 Å². The molecule has 0 aliphatic carbocycles. The van der Waals surface area contributed by atoms with E-state index in [4.69, 9.17) is 11.6 Å². The Morgan fingerprint density at radius 3 is 2.54 bits per heavy atom. The molecule has 0 aliphatic rings. The Morgan fingerprint density at radius 1 is 1.12 bits per heavy atom. The molecule has 1 heterocycles. The van der Waals surface area contributed by atoms with Crippen molar-refractivity contribution in [3.05, 3.63) is 88.3 Å². The predicted octanol–water partition coefficient (Wildman–Crippen LogP) is 4.86. The van der Waals surface area contributed by atoms with Gasteiger partial charge in [-0.3, -0.25) is 4.79 Å². The van der Waals surface area contributed by atoms with Crippen LogP contribution in [0.1, 0.15) is 21.5 Å². The van der Waals surface area contributed by atoms with Gasteiger partial charge in [0.05, 0.1) is 5.56 Å². The minimum absolute atomic E-state index is 0.240.